The molecular formula is C24H30N4O3. The maximum atomic E-state index is 12.9. The summed E-state index contributed by atoms with van der Waals surface area (Å²) in [6.45, 7) is 5.41. The third-order valence-electron chi connectivity index (χ3n) is 6.55. The van der Waals surface area contributed by atoms with Crippen LogP contribution in [0.25, 0.3) is 0 Å². The van der Waals surface area contributed by atoms with Gasteiger partial charge in [0.05, 0.1) is 17.5 Å². The van der Waals surface area contributed by atoms with Gasteiger partial charge in [-0.15, -0.1) is 0 Å². The van der Waals surface area contributed by atoms with Crippen molar-refractivity contribution >= 4 is 23.3 Å². The highest BCUT2D eigenvalue weighted by Gasteiger charge is 2.49. The third kappa shape index (κ3) is 4.56. The summed E-state index contributed by atoms with van der Waals surface area (Å²) >= 11 is 0. The lowest BCUT2D eigenvalue weighted by Gasteiger charge is -2.44. The topological polar surface area (TPSA) is 83.6 Å². The number of benzene rings is 1. The van der Waals surface area contributed by atoms with Gasteiger partial charge in [0.25, 0.3) is 5.91 Å². The highest BCUT2D eigenvalue weighted by molar-refractivity contribution is 5.94. The number of anilines is 2. The number of hydrogen-bond donors (Lipinski definition) is 2. The van der Waals surface area contributed by atoms with E-state index in [2.05, 4.69) is 29.5 Å². The van der Waals surface area contributed by atoms with Crippen LogP contribution in [0.15, 0.2) is 48.8 Å². The molecule has 1 spiro atoms. The Hall–Kier alpha value is -2.93. The summed E-state index contributed by atoms with van der Waals surface area (Å²) in [5, 5.41) is 5.95. The van der Waals surface area contributed by atoms with Gasteiger partial charge >= 0.3 is 6.03 Å². The largest absolute Gasteiger partial charge is 0.362 e. The number of ether oxygens (including phenoxy) is 1. The van der Waals surface area contributed by atoms with Gasteiger partial charge in [0.2, 0.25) is 0 Å². The Morgan fingerprint density at radius 3 is 2.77 bits per heavy atom. The highest BCUT2D eigenvalue weighted by Crippen LogP contribution is 2.42. The number of para-hydroxylation sites is 1. The van der Waals surface area contributed by atoms with Crippen LogP contribution in [0.2, 0.25) is 0 Å². The number of carbonyl (C=O) groups excluding carboxylic acids is 2. The molecule has 0 radical (unpaired) electrons. The molecule has 0 aliphatic carbocycles. The van der Waals surface area contributed by atoms with Crippen molar-refractivity contribution in [2.75, 3.05) is 23.7 Å². The highest BCUT2D eigenvalue weighted by atomic mass is 16.5. The Balaban J connectivity index is 1.34. The third-order valence-corrected chi connectivity index (χ3v) is 6.55. The molecule has 2 aromatic rings. The van der Waals surface area contributed by atoms with Crippen molar-refractivity contribution in [2.45, 2.75) is 51.2 Å². The van der Waals surface area contributed by atoms with E-state index in [0.29, 0.717) is 25.2 Å². The Morgan fingerprint density at radius 1 is 1.19 bits per heavy atom. The molecule has 2 fully saturated rings. The number of amides is 3. The van der Waals surface area contributed by atoms with Crippen molar-refractivity contribution in [1.29, 1.82) is 0 Å². The molecule has 1 aromatic carbocycles. The van der Waals surface area contributed by atoms with Crippen LogP contribution in [0.5, 0.6) is 0 Å². The molecule has 2 saturated heterocycles. The smallest absolute Gasteiger partial charge is 0.321 e. The number of rotatable bonds is 4. The fraction of sp³-hybridized carbons (Fsp3) is 0.458. The van der Waals surface area contributed by atoms with Gasteiger partial charge in [-0.05, 0) is 49.4 Å². The second-order valence-corrected chi connectivity index (χ2v) is 8.48. The standard InChI is InChI=1S/C24H30N4O3/c1-3-18-7-4-5-9-20(18)27-23(30)28-14-12-24(17(2)16-28)11-10-21(31-24)22(29)26-19-8-6-13-25-15-19/h4-9,13,15,17,21H,3,10-12,14,16H2,1-2H3,(H,26,29)(H,27,30). The van der Waals surface area contributed by atoms with E-state index in [0.717, 1.165) is 30.5 Å². The molecule has 2 N–H and O–H groups in total. The zero-order valence-electron chi connectivity index (χ0n) is 18.1. The molecule has 3 atom stereocenters. The van der Waals surface area contributed by atoms with Crippen LogP contribution in [0.4, 0.5) is 16.2 Å². The molecule has 7 nitrogen and oxygen atoms in total. The molecular weight excluding hydrogens is 392 g/mol. The van der Waals surface area contributed by atoms with Gasteiger partial charge in [0.15, 0.2) is 0 Å². The van der Waals surface area contributed by atoms with E-state index in [4.69, 9.17) is 4.74 Å². The molecule has 7 heteroatoms. The predicted octanol–water partition coefficient (Wildman–Crippen LogP) is 4.07. The SMILES string of the molecule is CCc1ccccc1NC(=O)N1CCC2(CCC(C(=O)Nc3cccnc3)O2)C(C)C1. The Bertz CT molecular complexity index is 935. The molecule has 2 aliphatic rings. The fourth-order valence-corrected chi connectivity index (χ4v) is 4.66. The van der Waals surface area contributed by atoms with Gasteiger partial charge in [0, 0.05) is 30.9 Å². The molecule has 2 aliphatic heterocycles. The summed E-state index contributed by atoms with van der Waals surface area (Å²) < 4.78 is 6.33. The zero-order chi connectivity index (χ0) is 21.8. The van der Waals surface area contributed by atoms with E-state index in [1.807, 2.05) is 35.2 Å². The number of aromatic nitrogens is 1. The lowest BCUT2D eigenvalue weighted by molar-refractivity contribution is -0.141. The summed E-state index contributed by atoms with van der Waals surface area (Å²) in [7, 11) is 0. The number of carbonyl (C=O) groups is 2. The molecule has 1 aromatic heterocycles. The maximum Gasteiger partial charge on any atom is 0.321 e. The lowest BCUT2D eigenvalue weighted by Crippen LogP contribution is -2.53. The average molecular weight is 423 g/mol. The van der Waals surface area contributed by atoms with Crippen LogP contribution in [0, 0.1) is 5.92 Å². The number of hydrogen-bond acceptors (Lipinski definition) is 4. The van der Waals surface area contributed by atoms with Gasteiger partial charge in [0.1, 0.15) is 6.10 Å². The van der Waals surface area contributed by atoms with E-state index in [-0.39, 0.29) is 23.5 Å². The molecule has 3 amide bonds. The molecule has 164 valence electrons. The first-order valence-electron chi connectivity index (χ1n) is 11.0. The molecule has 4 rings (SSSR count). The Labute approximate surface area is 183 Å². The monoisotopic (exact) mass is 422 g/mol. The van der Waals surface area contributed by atoms with Gasteiger partial charge in [-0.1, -0.05) is 32.0 Å². The van der Waals surface area contributed by atoms with Crippen molar-refractivity contribution in [3.63, 3.8) is 0 Å². The molecule has 3 heterocycles. The van der Waals surface area contributed by atoms with Gasteiger partial charge in [-0.3, -0.25) is 9.78 Å². The number of pyridine rings is 1. The Morgan fingerprint density at radius 2 is 2.03 bits per heavy atom. The van der Waals surface area contributed by atoms with Crippen LogP contribution in [-0.4, -0.2) is 46.6 Å². The fourth-order valence-electron chi connectivity index (χ4n) is 4.66. The first kappa shape index (κ1) is 21.3. The van der Waals surface area contributed by atoms with Gasteiger partial charge in [-0.2, -0.15) is 0 Å². The Kier molecular flexibility index (Phi) is 6.23. The van der Waals surface area contributed by atoms with E-state index in [1.165, 1.54) is 0 Å². The van der Waals surface area contributed by atoms with Crippen molar-refractivity contribution in [3.8, 4) is 0 Å². The zero-order valence-corrected chi connectivity index (χ0v) is 18.1. The summed E-state index contributed by atoms with van der Waals surface area (Å²) in [5.74, 6) is 0.0121. The van der Waals surface area contributed by atoms with Gasteiger partial charge in [-0.25, -0.2) is 4.79 Å². The van der Waals surface area contributed by atoms with Crippen LogP contribution in [0.3, 0.4) is 0 Å². The first-order chi connectivity index (χ1) is 15.0. The van der Waals surface area contributed by atoms with E-state index in [9.17, 15) is 9.59 Å². The molecule has 0 bridgehead atoms. The van der Waals surface area contributed by atoms with Crippen LogP contribution in [-0.2, 0) is 16.0 Å². The molecule has 0 saturated carbocycles. The molecule has 31 heavy (non-hydrogen) atoms. The number of nitrogens with one attached hydrogen (secondary N) is 2. The summed E-state index contributed by atoms with van der Waals surface area (Å²) in [5.41, 5.74) is 2.31. The van der Waals surface area contributed by atoms with Crippen molar-refractivity contribution in [3.05, 3.63) is 54.4 Å². The normalized spacial score (nSPS) is 25.4. The second kappa shape index (κ2) is 9.06. The minimum atomic E-state index is -0.473. The minimum absolute atomic E-state index is 0.0773. The van der Waals surface area contributed by atoms with Crippen molar-refractivity contribution < 1.29 is 14.3 Å². The summed E-state index contributed by atoms with van der Waals surface area (Å²) in [4.78, 5) is 31.4. The number of likely N-dealkylation sites (tertiary alicyclic amines) is 1. The number of piperidine rings is 1. The van der Waals surface area contributed by atoms with Crippen LogP contribution in [0.1, 0.15) is 38.7 Å². The predicted molar refractivity (Wildman–Crippen MR) is 120 cm³/mol. The second-order valence-electron chi connectivity index (χ2n) is 8.48. The number of nitrogens with zero attached hydrogens (tertiary/aromatic N) is 2. The van der Waals surface area contributed by atoms with E-state index >= 15 is 0 Å². The van der Waals surface area contributed by atoms with Crippen LogP contribution < -0.4 is 10.6 Å². The summed E-state index contributed by atoms with van der Waals surface area (Å²) in [6, 6.07) is 11.4. The first-order valence-corrected chi connectivity index (χ1v) is 11.0. The van der Waals surface area contributed by atoms with E-state index < -0.39 is 6.10 Å². The minimum Gasteiger partial charge on any atom is -0.362 e. The van der Waals surface area contributed by atoms with Crippen molar-refractivity contribution in [2.24, 2.45) is 5.92 Å². The quantitative estimate of drug-likeness (QED) is 0.778. The summed E-state index contributed by atoms with van der Waals surface area (Å²) in [6.07, 6.45) is 5.93. The maximum absolute atomic E-state index is 12.9. The average Bonchev–Trinajstić information content (AvgIpc) is 3.22. The molecule has 3 unspecified atom stereocenters. The van der Waals surface area contributed by atoms with Crippen LogP contribution >= 0.6 is 0 Å². The van der Waals surface area contributed by atoms with E-state index in [1.54, 1.807) is 18.5 Å². The number of aryl methyl sites for hydroxylation is 1. The number of urea groups is 1. The van der Waals surface area contributed by atoms with Gasteiger partial charge < -0.3 is 20.3 Å². The van der Waals surface area contributed by atoms with Crippen molar-refractivity contribution in [1.82, 2.24) is 9.88 Å². The lowest BCUT2D eigenvalue weighted by atomic mass is 9.80.